The first-order chi connectivity index (χ1) is 10.1. The molecule has 1 heterocycles. The lowest BCUT2D eigenvalue weighted by molar-refractivity contribution is -0.130. The summed E-state index contributed by atoms with van der Waals surface area (Å²) in [4.78, 5) is 19.0. The summed E-state index contributed by atoms with van der Waals surface area (Å²) in [6, 6.07) is 7.62. The van der Waals surface area contributed by atoms with Crippen molar-refractivity contribution in [3.05, 3.63) is 29.8 Å². The fourth-order valence-electron chi connectivity index (χ4n) is 2.20. The van der Waals surface area contributed by atoms with Crippen molar-refractivity contribution in [3.63, 3.8) is 0 Å². The molecule has 0 fully saturated rings. The third-order valence-electron chi connectivity index (χ3n) is 3.30. The Morgan fingerprint density at radius 3 is 2.71 bits per heavy atom. The molecule has 5 nitrogen and oxygen atoms in total. The van der Waals surface area contributed by atoms with Crippen LogP contribution < -0.4 is 4.74 Å². The minimum Gasteiger partial charge on any atom is -0.497 e. The van der Waals surface area contributed by atoms with Gasteiger partial charge in [0.15, 0.2) is 0 Å². The van der Waals surface area contributed by atoms with Crippen LogP contribution in [0.5, 0.6) is 5.75 Å². The molecular formula is C15H19ClN2O3. The van der Waals surface area contributed by atoms with E-state index >= 15 is 0 Å². The number of oxime groups is 1. The molecule has 1 amide bonds. The number of carbonyl (C=O) groups is 1. The largest absolute Gasteiger partial charge is 0.497 e. The summed E-state index contributed by atoms with van der Waals surface area (Å²) in [5.74, 6) is 0.640. The van der Waals surface area contributed by atoms with Crippen LogP contribution in [0.4, 0.5) is 0 Å². The Balaban J connectivity index is 2.00. The summed E-state index contributed by atoms with van der Waals surface area (Å²) >= 11 is 5.69. The lowest BCUT2D eigenvalue weighted by atomic mass is 10.1. The monoisotopic (exact) mass is 310 g/mol. The zero-order valence-corrected chi connectivity index (χ0v) is 13.0. The van der Waals surface area contributed by atoms with Gasteiger partial charge in [0.25, 0.3) is 0 Å². The summed E-state index contributed by atoms with van der Waals surface area (Å²) in [6.45, 7) is 2.89. The molecule has 114 valence electrons. The van der Waals surface area contributed by atoms with Crippen LogP contribution in [0.1, 0.15) is 18.9 Å². The van der Waals surface area contributed by atoms with Gasteiger partial charge in [0.2, 0.25) is 5.91 Å². The normalized spacial score (nSPS) is 17.1. The zero-order valence-electron chi connectivity index (χ0n) is 12.2. The molecule has 1 aliphatic rings. The predicted octanol–water partition coefficient (Wildman–Crippen LogP) is 2.43. The fraction of sp³-hybridized carbons (Fsp3) is 0.467. The Bertz CT molecular complexity index is 516. The van der Waals surface area contributed by atoms with E-state index < -0.39 is 0 Å². The first-order valence-corrected chi connectivity index (χ1v) is 7.31. The molecule has 1 aromatic carbocycles. The number of amides is 1. The summed E-state index contributed by atoms with van der Waals surface area (Å²) in [6.07, 6.45) is 0.657. The summed E-state index contributed by atoms with van der Waals surface area (Å²) in [5, 5.41) is 3.91. The molecule has 0 aliphatic carbocycles. The molecule has 1 aliphatic heterocycles. The van der Waals surface area contributed by atoms with Crippen LogP contribution in [-0.4, -0.2) is 42.2 Å². The molecular weight excluding hydrogens is 292 g/mol. The number of rotatable bonds is 6. The third-order valence-corrected chi connectivity index (χ3v) is 3.53. The van der Waals surface area contributed by atoms with Crippen molar-refractivity contribution in [1.29, 1.82) is 0 Å². The summed E-state index contributed by atoms with van der Waals surface area (Å²) in [5.41, 5.74) is 1.97. The average molecular weight is 311 g/mol. The molecule has 6 heteroatoms. The van der Waals surface area contributed by atoms with Crippen molar-refractivity contribution in [2.45, 2.75) is 26.0 Å². The van der Waals surface area contributed by atoms with Crippen LogP contribution in [0.3, 0.4) is 0 Å². The van der Waals surface area contributed by atoms with E-state index in [4.69, 9.17) is 21.2 Å². The molecule has 2 rings (SSSR count). The Kier molecular flexibility index (Phi) is 5.44. The molecule has 21 heavy (non-hydrogen) atoms. The van der Waals surface area contributed by atoms with Gasteiger partial charge in [-0.3, -0.25) is 4.79 Å². The van der Waals surface area contributed by atoms with Crippen molar-refractivity contribution in [3.8, 4) is 5.75 Å². The Hall–Kier alpha value is -1.75. The highest BCUT2D eigenvalue weighted by Gasteiger charge is 2.24. The SMILES string of the molecule is COc1ccc(CN(CC2CC(C)=NO2)C(=O)CCl)cc1. The van der Waals surface area contributed by atoms with Crippen LogP contribution in [-0.2, 0) is 16.2 Å². The van der Waals surface area contributed by atoms with Crippen molar-refractivity contribution >= 4 is 23.2 Å². The molecule has 0 spiro atoms. The number of carbonyl (C=O) groups excluding carboxylic acids is 1. The summed E-state index contributed by atoms with van der Waals surface area (Å²) in [7, 11) is 1.62. The van der Waals surface area contributed by atoms with Crippen molar-refractivity contribution in [1.82, 2.24) is 4.90 Å². The number of benzene rings is 1. The van der Waals surface area contributed by atoms with E-state index in [0.717, 1.165) is 23.4 Å². The van der Waals surface area contributed by atoms with E-state index in [1.54, 1.807) is 12.0 Å². The third kappa shape index (κ3) is 4.36. The topological polar surface area (TPSA) is 51.1 Å². The van der Waals surface area contributed by atoms with Crippen molar-refractivity contribution in [2.75, 3.05) is 19.5 Å². The van der Waals surface area contributed by atoms with E-state index in [2.05, 4.69) is 5.16 Å². The molecule has 0 aromatic heterocycles. The molecule has 0 bridgehead atoms. The second-order valence-electron chi connectivity index (χ2n) is 5.01. The molecule has 0 saturated heterocycles. The second-order valence-corrected chi connectivity index (χ2v) is 5.28. The molecule has 1 atom stereocenters. The minimum atomic E-state index is -0.111. The van der Waals surface area contributed by atoms with Gasteiger partial charge < -0.3 is 14.5 Å². The number of methoxy groups -OCH3 is 1. The Morgan fingerprint density at radius 1 is 1.48 bits per heavy atom. The predicted molar refractivity (Wildman–Crippen MR) is 81.7 cm³/mol. The number of hydrogen-bond donors (Lipinski definition) is 0. The zero-order chi connectivity index (χ0) is 15.2. The molecule has 1 aromatic rings. The quantitative estimate of drug-likeness (QED) is 0.758. The highest BCUT2D eigenvalue weighted by Crippen LogP contribution is 2.16. The van der Waals surface area contributed by atoms with Crippen molar-refractivity contribution < 1.29 is 14.4 Å². The number of nitrogens with zero attached hydrogens (tertiary/aromatic N) is 2. The summed E-state index contributed by atoms with van der Waals surface area (Å²) < 4.78 is 5.13. The lowest BCUT2D eigenvalue weighted by Gasteiger charge is -2.24. The standard InChI is InChI=1S/C15H19ClN2O3/c1-11-7-14(21-17-11)10-18(15(19)8-16)9-12-3-5-13(20-2)6-4-12/h3-6,14H,7-10H2,1-2H3. The minimum absolute atomic E-state index is 0.0390. The number of ether oxygens (including phenoxy) is 1. The maximum absolute atomic E-state index is 12.0. The molecule has 0 radical (unpaired) electrons. The molecule has 0 saturated carbocycles. The Labute approximate surface area is 129 Å². The van der Waals surface area contributed by atoms with Crippen molar-refractivity contribution in [2.24, 2.45) is 5.16 Å². The maximum Gasteiger partial charge on any atom is 0.237 e. The van der Waals surface area contributed by atoms with Gasteiger partial charge in [0.05, 0.1) is 19.4 Å². The Morgan fingerprint density at radius 2 is 2.19 bits per heavy atom. The van der Waals surface area contributed by atoms with Gasteiger partial charge in [-0.25, -0.2) is 0 Å². The highest BCUT2D eigenvalue weighted by molar-refractivity contribution is 6.27. The van der Waals surface area contributed by atoms with E-state index in [1.165, 1.54) is 0 Å². The fourth-order valence-corrected chi connectivity index (χ4v) is 2.37. The number of alkyl halides is 1. The van der Waals surface area contributed by atoms with Crippen LogP contribution >= 0.6 is 11.6 Å². The first kappa shape index (κ1) is 15.6. The van der Waals surface area contributed by atoms with Gasteiger partial charge >= 0.3 is 0 Å². The van der Waals surface area contributed by atoms with Crippen LogP contribution in [0.15, 0.2) is 29.4 Å². The van der Waals surface area contributed by atoms with Gasteiger partial charge in [-0.15, -0.1) is 11.6 Å². The maximum atomic E-state index is 12.0. The van der Waals surface area contributed by atoms with Crippen LogP contribution in [0.25, 0.3) is 0 Å². The van der Waals surface area contributed by atoms with Gasteiger partial charge in [0, 0.05) is 13.0 Å². The van der Waals surface area contributed by atoms with E-state index in [-0.39, 0.29) is 17.9 Å². The first-order valence-electron chi connectivity index (χ1n) is 6.78. The second kappa shape index (κ2) is 7.31. The van der Waals surface area contributed by atoms with Gasteiger partial charge in [-0.05, 0) is 24.6 Å². The highest BCUT2D eigenvalue weighted by atomic mass is 35.5. The smallest absolute Gasteiger partial charge is 0.237 e. The average Bonchev–Trinajstić information content (AvgIpc) is 2.91. The van der Waals surface area contributed by atoms with Gasteiger partial charge in [-0.1, -0.05) is 17.3 Å². The van der Waals surface area contributed by atoms with E-state index in [0.29, 0.717) is 13.1 Å². The number of hydrogen-bond acceptors (Lipinski definition) is 4. The van der Waals surface area contributed by atoms with Crippen LogP contribution in [0, 0.1) is 0 Å². The van der Waals surface area contributed by atoms with E-state index in [1.807, 2.05) is 31.2 Å². The molecule has 0 N–H and O–H groups in total. The number of halogens is 1. The van der Waals surface area contributed by atoms with Gasteiger partial charge in [-0.2, -0.15) is 0 Å². The van der Waals surface area contributed by atoms with Crippen LogP contribution in [0.2, 0.25) is 0 Å². The van der Waals surface area contributed by atoms with Gasteiger partial charge in [0.1, 0.15) is 17.7 Å². The van der Waals surface area contributed by atoms with E-state index in [9.17, 15) is 4.79 Å². The molecule has 1 unspecified atom stereocenters. The lowest BCUT2D eigenvalue weighted by Crippen LogP contribution is -2.37.